The van der Waals surface area contributed by atoms with E-state index >= 15 is 0 Å². The fourth-order valence-electron chi connectivity index (χ4n) is 2.30. The van der Waals surface area contributed by atoms with Crippen molar-refractivity contribution in [2.24, 2.45) is 5.16 Å². The second-order valence-corrected chi connectivity index (χ2v) is 6.40. The van der Waals surface area contributed by atoms with Gasteiger partial charge in [0.2, 0.25) is 0 Å². The number of anilines is 2. The fraction of sp³-hybridized carbons (Fsp3) is 0.167. The maximum atomic E-state index is 9.05. The van der Waals surface area contributed by atoms with Crippen molar-refractivity contribution in [3.05, 3.63) is 59.1 Å². The molecule has 3 aromatic rings. The van der Waals surface area contributed by atoms with Crippen molar-refractivity contribution in [3.63, 3.8) is 0 Å². The smallest absolute Gasteiger partial charge is 0.132 e. The first-order valence-electron chi connectivity index (χ1n) is 7.68. The largest absolute Gasteiger partial charge is 0.411 e. The average molecular weight is 338 g/mol. The van der Waals surface area contributed by atoms with Crippen LogP contribution < -0.4 is 5.32 Å². The van der Waals surface area contributed by atoms with Crippen LogP contribution in [0.4, 0.5) is 11.6 Å². The maximum Gasteiger partial charge on any atom is 0.132 e. The van der Waals surface area contributed by atoms with E-state index in [-0.39, 0.29) is 0 Å². The zero-order chi connectivity index (χ0) is 16.9. The Morgan fingerprint density at radius 3 is 2.83 bits per heavy atom. The second-order valence-electron chi connectivity index (χ2n) is 5.32. The van der Waals surface area contributed by atoms with Gasteiger partial charge in [-0.25, -0.2) is 9.97 Å². The molecule has 0 atom stereocenters. The molecule has 3 aromatic heterocycles. The van der Waals surface area contributed by atoms with Gasteiger partial charge in [0.15, 0.2) is 0 Å². The highest BCUT2D eigenvalue weighted by molar-refractivity contribution is 7.17. The number of nitrogens with one attached hydrogen (secondary N) is 1. The van der Waals surface area contributed by atoms with E-state index in [1.54, 1.807) is 17.5 Å². The summed E-state index contributed by atoms with van der Waals surface area (Å²) in [6.07, 6.45) is 2.46. The van der Waals surface area contributed by atoms with Gasteiger partial charge >= 0.3 is 0 Å². The minimum atomic E-state index is 0.685. The molecule has 0 aliphatic heterocycles. The highest BCUT2D eigenvalue weighted by atomic mass is 32.1. The molecule has 3 heterocycles. The Labute approximate surface area is 144 Å². The summed E-state index contributed by atoms with van der Waals surface area (Å²) in [5.74, 6) is 1.51. The summed E-state index contributed by atoms with van der Waals surface area (Å²) in [5, 5.41) is 15.6. The van der Waals surface area contributed by atoms with E-state index in [9.17, 15) is 0 Å². The molecule has 0 aliphatic rings. The molecular weight excluding hydrogens is 320 g/mol. The normalized spacial score (nSPS) is 11.5. The minimum absolute atomic E-state index is 0.685. The number of oxime groups is 1. The van der Waals surface area contributed by atoms with Crippen LogP contribution in [0, 0.1) is 6.92 Å². The number of hydrogen-bond acceptors (Lipinski definition) is 6. The lowest BCUT2D eigenvalue weighted by atomic mass is 10.2. The third-order valence-corrected chi connectivity index (χ3v) is 4.68. The number of nitrogens with zero attached hydrogens (tertiary/aromatic N) is 3. The van der Waals surface area contributed by atoms with Crippen molar-refractivity contribution in [2.45, 2.75) is 20.3 Å². The van der Waals surface area contributed by atoms with E-state index in [4.69, 9.17) is 5.21 Å². The minimum Gasteiger partial charge on any atom is -0.411 e. The Balaban J connectivity index is 1.85. The summed E-state index contributed by atoms with van der Waals surface area (Å²) in [4.78, 5) is 10.9. The lowest BCUT2D eigenvalue weighted by Gasteiger charge is -2.06. The molecular formula is C18H18N4OS. The van der Waals surface area contributed by atoms with E-state index in [0.717, 1.165) is 32.6 Å². The number of aromatic nitrogens is 2. The van der Waals surface area contributed by atoms with Gasteiger partial charge < -0.3 is 10.5 Å². The third kappa shape index (κ3) is 3.60. The van der Waals surface area contributed by atoms with Gasteiger partial charge in [0, 0.05) is 6.20 Å². The van der Waals surface area contributed by atoms with Gasteiger partial charge in [0.25, 0.3) is 0 Å². The van der Waals surface area contributed by atoms with Crippen molar-refractivity contribution >= 4 is 28.7 Å². The predicted molar refractivity (Wildman–Crippen MR) is 98.4 cm³/mol. The van der Waals surface area contributed by atoms with Crippen LogP contribution >= 0.6 is 11.3 Å². The molecule has 0 saturated carbocycles. The van der Waals surface area contributed by atoms with Crippen molar-refractivity contribution in [2.75, 3.05) is 5.32 Å². The van der Waals surface area contributed by atoms with E-state index in [0.29, 0.717) is 12.1 Å². The molecule has 0 saturated heterocycles. The molecule has 0 aromatic carbocycles. The van der Waals surface area contributed by atoms with Crippen LogP contribution in [0.2, 0.25) is 0 Å². The van der Waals surface area contributed by atoms with Gasteiger partial charge in [-0.3, -0.25) is 0 Å². The summed E-state index contributed by atoms with van der Waals surface area (Å²) < 4.78 is 0. The third-order valence-electron chi connectivity index (χ3n) is 3.52. The molecule has 24 heavy (non-hydrogen) atoms. The van der Waals surface area contributed by atoms with Crippen LogP contribution in [0.25, 0.3) is 10.6 Å². The Kier molecular flexibility index (Phi) is 4.86. The predicted octanol–water partition coefficient (Wildman–Crippen LogP) is 4.85. The van der Waals surface area contributed by atoms with E-state index in [1.165, 1.54) is 0 Å². The highest BCUT2D eigenvalue weighted by Gasteiger charge is 2.09. The monoisotopic (exact) mass is 338 g/mol. The van der Waals surface area contributed by atoms with Crippen molar-refractivity contribution < 1.29 is 5.21 Å². The molecule has 0 unspecified atom stereocenters. The van der Waals surface area contributed by atoms with Crippen LogP contribution in [-0.4, -0.2) is 20.9 Å². The lowest BCUT2D eigenvalue weighted by molar-refractivity contribution is 0.318. The number of aryl methyl sites for hydroxylation is 1. The number of pyridine rings is 2. The van der Waals surface area contributed by atoms with Gasteiger partial charge in [-0.2, -0.15) is 0 Å². The molecule has 6 heteroatoms. The van der Waals surface area contributed by atoms with Crippen molar-refractivity contribution in [3.8, 4) is 10.6 Å². The lowest BCUT2D eigenvalue weighted by Crippen LogP contribution is -1.96. The number of thiophene rings is 1. The van der Waals surface area contributed by atoms with Gasteiger partial charge in [-0.15, -0.1) is 11.3 Å². The van der Waals surface area contributed by atoms with Crippen LogP contribution in [0.5, 0.6) is 0 Å². The summed E-state index contributed by atoms with van der Waals surface area (Å²) >= 11 is 1.56. The van der Waals surface area contributed by atoms with E-state index < -0.39 is 0 Å². The first-order valence-corrected chi connectivity index (χ1v) is 8.49. The molecule has 5 nitrogen and oxygen atoms in total. The van der Waals surface area contributed by atoms with Crippen LogP contribution in [0.1, 0.15) is 23.8 Å². The van der Waals surface area contributed by atoms with Gasteiger partial charge in [0.1, 0.15) is 11.6 Å². The maximum absolute atomic E-state index is 9.05. The van der Waals surface area contributed by atoms with E-state index in [2.05, 4.69) is 20.4 Å². The average Bonchev–Trinajstić information content (AvgIpc) is 3.06. The number of rotatable bonds is 5. The summed E-state index contributed by atoms with van der Waals surface area (Å²) in [5.41, 5.74) is 2.70. The van der Waals surface area contributed by atoms with Gasteiger partial charge in [-0.1, -0.05) is 18.1 Å². The van der Waals surface area contributed by atoms with Gasteiger partial charge in [0.05, 0.1) is 21.2 Å². The Hall–Kier alpha value is -2.73. The summed E-state index contributed by atoms with van der Waals surface area (Å²) in [6.45, 7) is 3.99. The molecule has 0 bridgehead atoms. The van der Waals surface area contributed by atoms with Crippen molar-refractivity contribution in [1.82, 2.24) is 9.97 Å². The molecule has 0 fully saturated rings. The van der Waals surface area contributed by atoms with Crippen molar-refractivity contribution in [1.29, 1.82) is 0 Å². The molecule has 122 valence electrons. The Bertz CT molecular complexity index is 873. The molecule has 0 amide bonds. The summed E-state index contributed by atoms with van der Waals surface area (Å²) in [6, 6.07) is 13.7. The molecule has 3 rings (SSSR count). The molecule has 0 spiro atoms. The van der Waals surface area contributed by atoms with Crippen LogP contribution in [0.3, 0.4) is 0 Å². The SMILES string of the molecule is CC/C(=N\O)c1ccc(-c2cccc(Nc3cc(C)ccn3)n2)s1. The molecule has 2 N–H and O–H groups in total. The second kappa shape index (κ2) is 7.23. The fourth-order valence-corrected chi connectivity index (χ4v) is 3.33. The Morgan fingerprint density at radius 1 is 1.21 bits per heavy atom. The zero-order valence-electron chi connectivity index (χ0n) is 13.5. The first-order chi connectivity index (χ1) is 11.7. The summed E-state index contributed by atoms with van der Waals surface area (Å²) in [7, 11) is 0. The topological polar surface area (TPSA) is 70.4 Å². The molecule has 0 aliphatic carbocycles. The van der Waals surface area contributed by atoms with Crippen LogP contribution in [-0.2, 0) is 0 Å². The number of hydrogen-bond donors (Lipinski definition) is 2. The Morgan fingerprint density at radius 2 is 2.08 bits per heavy atom. The quantitative estimate of drug-likeness (QED) is 0.396. The van der Waals surface area contributed by atoms with E-state index in [1.807, 2.05) is 56.3 Å². The zero-order valence-corrected chi connectivity index (χ0v) is 14.3. The molecule has 0 radical (unpaired) electrons. The highest BCUT2D eigenvalue weighted by Crippen LogP contribution is 2.29. The standard InChI is InChI=1S/C18H18N4OS/c1-3-13(22-23)15-7-8-16(24-15)14-5-4-6-17(20-14)21-18-11-12(2)9-10-19-18/h4-11,23H,3H2,1-2H3,(H,19,20,21)/b22-13+. The van der Waals surface area contributed by atoms with Crippen LogP contribution in [0.15, 0.2) is 53.8 Å². The first kappa shape index (κ1) is 16.1. The van der Waals surface area contributed by atoms with Gasteiger partial charge in [-0.05, 0) is 55.3 Å².